The van der Waals surface area contributed by atoms with Crippen LogP contribution in [-0.2, 0) is 0 Å². The average Bonchev–Trinajstić information content (AvgIpc) is 2.18. The van der Waals surface area contributed by atoms with Crippen LogP contribution in [-0.4, -0.2) is 24.5 Å². The van der Waals surface area contributed by atoms with Gasteiger partial charge < -0.3 is 0 Å². The SMILES string of the molecule is CC#CC1CCCN1C. The molecule has 0 aromatic rings. The van der Waals surface area contributed by atoms with Gasteiger partial charge in [-0.1, -0.05) is 5.92 Å². The van der Waals surface area contributed by atoms with Gasteiger partial charge in [-0.05, 0) is 33.4 Å². The zero-order valence-electron chi connectivity index (χ0n) is 6.15. The Kier molecular flexibility index (Phi) is 2.13. The molecule has 1 heteroatoms. The standard InChI is InChI=1S/C8H13N/c1-3-5-8-6-4-7-9(8)2/h8H,4,6-7H2,1-2H3. The molecule has 1 unspecified atom stereocenters. The molecular weight excluding hydrogens is 110 g/mol. The van der Waals surface area contributed by atoms with Crippen LogP contribution in [0.1, 0.15) is 19.8 Å². The molecule has 0 amide bonds. The van der Waals surface area contributed by atoms with Crippen molar-refractivity contribution in [1.29, 1.82) is 0 Å². The number of hydrogen-bond acceptors (Lipinski definition) is 1. The molecule has 50 valence electrons. The summed E-state index contributed by atoms with van der Waals surface area (Å²) in [7, 11) is 2.14. The number of nitrogens with zero attached hydrogens (tertiary/aromatic N) is 1. The summed E-state index contributed by atoms with van der Waals surface area (Å²) < 4.78 is 0. The van der Waals surface area contributed by atoms with Gasteiger partial charge in [0.25, 0.3) is 0 Å². The van der Waals surface area contributed by atoms with Gasteiger partial charge in [0.1, 0.15) is 0 Å². The lowest BCUT2D eigenvalue weighted by Crippen LogP contribution is -2.22. The molecule has 1 fully saturated rings. The predicted octanol–water partition coefficient (Wildman–Crippen LogP) is 1.10. The van der Waals surface area contributed by atoms with Crippen molar-refractivity contribution in [2.45, 2.75) is 25.8 Å². The van der Waals surface area contributed by atoms with E-state index in [0.717, 1.165) is 0 Å². The smallest absolute Gasteiger partial charge is 0.0712 e. The first-order chi connectivity index (χ1) is 4.34. The summed E-state index contributed by atoms with van der Waals surface area (Å²) in [6, 6.07) is 0.551. The number of hydrogen-bond donors (Lipinski definition) is 0. The van der Waals surface area contributed by atoms with E-state index in [1.165, 1.54) is 19.4 Å². The van der Waals surface area contributed by atoms with E-state index in [0.29, 0.717) is 6.04 Å². The lowest BCUT2D eigenvalue weighted by molar-refractivity contribution is 0.365. The maximum absolute atomic E-state index is 3.17. The van der Waals surface area contributed by atoms with E-state index >= 15 is 0 Å². The minimum atomic E-state index is 0.551. The first-order valence-corrected chi connectivity index (χ1v) is 3.47. The van der Waals surface area contributed by atoms with E-state index in [1.807, 2.05) is 6.92 Å². The highest BCUT2D eigenvalue weighted by Crippen LogP contribution is 2.12. The summed E-state index contributed by atoms with van der Waals surface area (Å²) in [4.78, 5) is 2.32. The molecule has 0 bridgehead atoms. The normalized spacial score (nSPS) is 27.6. The quantitative estimate of drug-likeness (QED) is 0.436. The van der Waals surface area contributed by atoms with Crippen molar-refractivity contribution in [3.63, 3.8) is 0 Å². The van der Waals surface area contributed by atoms with E-state index < -0.39 is 0 Å². The average molecular weight is 123 g/mol. The monoisotopic (exact) mass is 123 g/mol. The summed E-state index contributed by atoms with van der Waals surface area (Å²) in [5, 5.41) is 0. The van der Waals surface area contributed by atoms with Gasteiger partial charge in [0.2, 0.25) is 0 Å². The van der Waals surface area contributed by atoms with Gasteiger partial charge in [-0.25, -0.2) is 0 Å². The Morgan fingerprint density at radius 3 is 2.78 bits per heavy atom. The van der Waals surface area contributed by atoms with E-state index in [4.69, 9.17) is 0 Å². The van der Waals surface area contributed by atoms with Crippen molar-refractivity contribution in [2.24, 2.45) is 0 Å². The second-order valence-corrected chi connectivity index (χ2v) is 2.53. The molecule has 1 aliphatic rings. The van der Waals surface area contributed by atoms with Crippen molar-refractivity contribution < 1.29 is 0 Å². The third-order valence-corrected chi connectivity index (χ3v) is 1.83. The first kappa shape index (κ1) is 6.64. The number of rotatable bonds is 0. The lowest BCUT2D eigenvalue weighted by Gasteiger charge is -2.11. The molecule has 1 atom stereocenters. The Hall–Kier alpha value is -0.480. The Bertz CT molecular complexity index is 140. The van der Waals surface area contributed by atoms with Gasteiger partial charge >= 0.3 is 0 Å². The van der Waals surface area contributed by atoms with Crippen LogP contribution in [0, 0.1) is 11.8 Å². The van der Waals surface area contributed by atoms with Crippen LogP contribution in [0.3, 0.4) is 0 Å². The molecule has 1 heterocycles. The molecule has 1 nitrogen and oxygen atoms in total. The minimum Gasteiger partial charge on any atom is -0.293 e. The van der Waals surface area contributed by atoms with Crippen LogP contribution in [0.5, 0.6) is 0 Å². The summed E-state index contributed by atoms with van der Waals surface area (Å²) in [5.74, 6) is 6.12. The van der Waals surface area contributed by atoms with Gasteiger partial charge in [0.15, 0.2) is 0 Å². The van der Waals surface area contributed by atoms with Crippen LogP contribution < -0.4 is 0 Å². The molecule has 9 heavy (non-hydrogen) atoms. The lowest BCUT2D eigenvalue weighted by atomic mass is 10.2. The fourth-order valence-electron chi connectivity index (χ4n) is 1.26. The minimum absolute atomic E-state index is 0.551. The molecule has 0 N–H and O–H groups in total. The Balaban J connectivity index is 2.46. The number of likely N-dealkylation sites (tertiary alicyclic amines) is 1. The van der Waals surface area contributed by atoms with Crippen LogP contribution in [0.4, 0.5) is 0 Å². The maximum Gasteiger partial charge on any atom is 0.0712 e. The van der Waals surface area contributed by atoms with Crippen LogP contribution in [0.15, 0.2) is 0 Å². The predicted molar refractivity (Wildman–Crippen MR) is 39.1 cm³/mol. The highest BCUT2D eigenvalue weighted by Gasteiger charge is 2.17. The first-order valence-electron chi connectivity index (χ1n) is 3.47. The van der Waals surface area contributed by atoms with Crippen LogP contribution >= 0.6 is 0 Å². The third-order valence-electron chi connectivity index (χ3n) is 1.83. The molecule has 0 spiro atoms. The zero-order chi connectivity index (χ0) is 6.69. The summed E-state index contributed by atoms with van der Waals surface area (Å²) in [6.07, 6.45) is 2.58. The summed E-state index contributed by atoms with van der Waals surface area (Å²) in [6.45, 7) is 3.13. The van der Waals surface area contributed by atoms with E-state index in [9.17, 15) is 0 Å². The van der Waals surface area contributed by atoms with Crippen molar-refractivity contribution in [3.8, 4) is 11.8 Å². The Morgan fingerprint density at radius 2 is 2.33 bits per heavy atom. The molecule has 1 aliphatic heterocycles. The van der Waals surface area contributed by atoms with Crippen LogP contribution in [0.2, 0.25) is 0 Å². The Morgan fingerprint density at radius 1 is 1.56 bits per heavy atom. The fourth-order valence-corrected chi connectivity index (χ4v) is 1.26. The van der Waals surface area contributed by atoms with Crippen LogP contribution in [0.25, 0.3) is 0 Å². The van der Waals surface area contributed by atoms with Gasteiger partial charge in [-0.15, -0.1) is 5.92 Å². The zero-order valence-corrected chi connectivity index (χ0v) is 6.15. The van der Waals surface area contributed by atoms with Gasteiger partial charge in [0, 0.05) is 0 Å². The summed E-state index contributed by atoms with van der Waals surface area (Å²) in [5.41, 5.74) is 0. The van der Waals surface area contributed by atoms with Crippen molar-refractivity contribution in [3.05, 3.63) is 0 Å². The van der Waals surface area contributed by atoms with E-state index in [-0.39, 0.29) is 0 Å². The molecule has 1 rings (SSSR count). The van der Waals surface area contributed by atoms with E-state index in [2.05, 4.69) is 23.8 Å². The van der Waals surface area contributed by atoms with Crippen molar-refractivity contribution in [2.75, 3.05) is 13.6 Å². The second-order valence-electron chi connectivity index (χ2n) is 2.53. The highest BCUT2D eigenvalue weighted by molar-refractivity contribution is 5.07. The molecule has 0 aromatic carbocycles. The fraction of sp³-hybridized carbons (Fsp3) is 0.750. The largest absolute Gasteiger partial charge is 0.293 e. The topological polar surface area (TPSA) is 3.24 Å². The second kappa shape index (κ2) is 2.89. The van der Waals surface area contributed by atoms with Gasteiger partial charge in [-0.3, -0.25) is 4.90 Å². The molecule has 1 saturated heterocycles. The molecule has 0 aromatic heterocycles. The molecule has 0 aliphatic carbocycles. The van der Waals surface area contributed by atoms with Crippen molar-refractivity contribution >= 4 is 0 Å². The maximum atomic E-state index is 3.17. The molecule has 0 saturated carbocycles. The molecular formula is C8H13N. The summed E-state index contributed by atoms with van der Waals surface area (Å²) >= 11 is 0. The van der Waals surface area contributed by atoms with E-state index in [1.54, 1.807) is 0 Å². The van der Waals surface area contributed by atoms with Crippen molar-refractivity contribution in [1.82, 2.24) is 4.90 Å². The van der Waals surface area contributed by atoms with Gasteiger partial charge in [0.05, 0.1) is 6.04 Å². The molecule has 0 radical (unpaired) electrons. The third kappa shape index (κ3) is 1.46. The highest BCUT2D eigenvalue weighted by atomic mass is 15.1. The van der Waals surface area contributed by atoms with Gasteiger partial charge in [-0.2, -0.15) is 0 Å². The Labute approximate surface area is 57.0 Å².